The number of carbonyl (C=O) groups is 1. The van der Waals surface area contributed by atoms with Gasteiger partial charge in [0.05, 0.1) is 23.6 Å². The Labute approximate surface area is 129 Å². The molecule has 0 radical (unpaired) electrons. The van der Waals surface area contributed by atoms with Gasteiger partial charge in [-0.15, -0.1) is 0 Å². The van der Waals surface area contributed by atoms with Crippen molar-refractivity contribution in [2.24, 2.45) is 5.10 Å². The number of rotatable bonds is 6. The lowest BCUT2D eigenvalue weighted by Gasteiger charge is -2.09. The van der Waals surface area contributed by atoms with Gasteiger partial charge in [-0.1, -0.05) is 24.3 Å². The first-order valence-electron chi connectivity index (χ1n) is 6.94. The molecule has 22 heavy (non-hydrogen) atoms. The van der Waals surface area contributed by atoms with E-state index in [2.05, 4.69) is 10.5 Å². The molecule has 0 amide bonds. The van der Waals surface area contributed by atoms with Crippen LogP contribution in [0.4, 0.5) is 5.69 Å². The molecule has 114 valence electrons. The highest BCUT2D eigenvalue weighted by Gasteiger charge is 2.07. The maximum atomic E-state index is 11.1. The van der Waals surface area contributed by atoms with Crippen LogP contribution in [-0.2, 0) is 0 Å². The molecular weight excluding hydrogens is 280 g/mol. The number of aromatic carboxylic acids is 1. The van der Waals surface area contributed by atoms with Crippen molar-refractivity contribution in [3.8, 4) is 5.75 Å². The molecule has 5 heteroatoms. The molecule has 0 saturated heterocycles. The molecule has 0 aliphatic rings. The summed E-state index contributed by atoms with van der Waals surface area (Å²) in [6.07, 6.45) is 1.72. The third-order valence-corrected chi connectivity index (χ3v) is 2.79. The maximum absolute atomic E-state index is 11.1. The minimum absolute atomic E-state index is 0.104. The van der Waals surface area contributed by atoms with Gasteiger partial charge in [0, 0.05) is 0 Å². The highest BCUT2D eigenvalue weighted by molar-refractivity contribution is 5.94. The number of nitrogens with zero attached hydrogens (tertiary/aromatic N) is 1. The van der Waals surface area contributed by atoms with Crippen LogP contribution < -0.4 is 10.2 Å². The highest BCUT2D eigenvalue weighted by atomic mass is 16.5. The molecule has 2 rings (SSSR count). The molecule has 0 atom stereocenters. The monoisotopic (exact) mass is 298 g/mol. The summed E-state index contributed by atoms with van der Waals surface area (Å²) in [7, 11) is 0. The smallest absolute Gasteiger partial charge is 0.337 e. The fraction of sp³-hybridized carbons (Fsp3) is 0.176. The summed E-state index contributed by atoms with van der Waals surface area (Å²) in [6.45, 7) is 3.93. The highest BCUT2D eigenvalue weighted by Crippen LogP contribution is 2.16. The van der Waals surface area contributed by atoms with Crippen molar-refractivity contribution >= 4 is 17.9 Å². The van der Waals surface area contributed by atoms with E-state index in [4.69, 9.17) is 9.84 Å². The fourth-order valence-electron chi connectivity index (χ4n) is 1.88. The molecule has 0 aromatic heterocycles. The summed E-state index contributed by atoms with van der Waals surface area (Å²) in [5.41, 5.74) is 4.23. The van der Waals surface area contributed by atoms with E-state index < -0.39 is 5.97 Å². The fourth-order valence-corrected chi connectivity index (χ4v) is 1.88. The van der Waals surface area contributed by atoms with Crippen LogP contribution in [0.3, 0.4) is 0 Å². The number of anilines is 1. The summed E-state index contributed by atoms with van der Waals surface area (Å²) in [6, 6.07) is 14.1. The minimum atomic E-state index is -0.995. The minimum Gasteiger partial charge on any atom is -0.491 e. The number of carboxylic acid groups (broad SMARTS) is 1. The molecule has 0 unspecified atom stereocenters. The number of para-hydroxylation sites is 1. The maximum Gasteiger partial charge on any atom is 0.337 e. The number of hydrogen-bond donors (Lipinski definition) is 2. The first-order chi connectivity index (χ1) is 10.6. The van der Waals surface area contributed by atoms with E-state index in [9.17, 15) is 4.79 Å². The molecule has 0 bridgehead atoms. The van der Waals surface area contributed by atoms with Crippen molar-refractivity contribution in [1.29, 1.82) is 0 Å². The average Bonchev–Trinajstić information content (AvgIpc) is 2.47. The van der Waals surface area contributed by atoms with Gasteiger partial charge in [-0.05, 0) is 43.7 Å². The van der Waals surface area contributed by atoms with Crippen molar-refractivity contribution in [3.63, 3.8) is 0 Å². The lowest BCUT2D eigenvalue weighted by molar-refractivity contribution is 0.0698. The van der Waals surface area contributed by atoms with Crippen LogP contribution in [0.15, 0.2) is 53.6 Å². The number of carboxylic acids is 1. The molecule has 0 fully saturated rings. The van der Waals surface area contributed by atoms with Gasteiger partial charge in [-0.25, -0.2) is 4.79 Å². The second-order valence-electron chi connectivity index (χ2n) is 4.96. The van der Waals surface area contributed by atoms with Gasteiger partial charge in [0.1, 0.15) is 5.75 Å². The lowest BCUT2D eigenvalue weighted by atomic mass is 10.2. The Balaban J connectivity index is 2.08. The lowest BCUT2D eigenvalue weighted by Crippen LogP contribution is -2.05. The molecule has 0 aliphatic carbocycles. The number of hydrazone groups is 1. The summed E-state index contributed by atoms with van der Waals surface area (Å²) in [5, 5.41) is 13.2. The first-order valence-corrected chi connectivity index (χ1v) is 6.94. The van der Waals surface area contributed by atoms with Crippen LogP contribution >= 0.6 is 0 Å². The molecule has 5 nitrogen and oxygen atoms in total. The van der Waals surface area contributed by atoms with Crippen molar-refractivity contribution < 1.29 is 14.6 Å². The number of ether oxygens (including phenoxy) is 1. The van der Waals surface area contributed by atoms with Crippen LogP contribution in [0.1, 0.15) is 29.8 Å². The van der Waals surface area contributed by atoms with E-state index in [0.29, 0.717) is 5.69 Å². The Kier molecular flexibility index (Phi) is 5.14. The van der Waals surface area contributed by atoms with E-state index in [-0.39, 0.29) is 11.7 Å². The molecular formula is C17H18N2O3. The summed E-state index contributed by atoms with van der Waals surface area (Å²) in [4.78, 5) is 11.1. The molecule has 0 spiro atoms. The van der Waals surface area contributed by atoms with Gasteiger partial charge < -0.3 is 9.84 Å². The molecule has 2 aromatic rings. The van der Waals surface area contributed by atoms with Crippen LogP contribution in [0, 0.1) is 0 Å². The number of nitrogens with one attached hydrogen (secondary N) is 1. The summed E-state index contributed by atoms with van der Waals surface area (Å²) in [5.74, 6) is -0.226. The van der Waals surface area contributed by atoms with Crippen molar-refractivity contribution in [2.75, 3.05) is 5.43 Å². The average molecular weight is 298 g/mol. The van der Waals surface area contributed by atoms with Crippen LogP contribution in [0.5, 0.6) is 5.75 Å². The second-order valence-corrected chi connectivity index (χ2v) is 4.96. The van der Waals surface area contributed by atoms with Gasteiger partial charge in [0.2, 0.25) is 0 Å². The first kappa shape index (κ1) is 15.6. The third-order valence-electron chi connectivity index (χ3n) is 2.79. The zero-order valence-corrected chi connectivity index (χ0v) is 12.5. The number of benzene rings is 2. The van der Waals surface area contributed by atoms with E-state index in [0.717, 1.165) is 11.3 Å². The van der Waals surface area contributed by atoms with Crippen LogP contribution in [-0.4, -0.2) is 23.4 Å². The predicted molar refractivity (Wildman–Crippen MR) is 86.8 cm³/mol. The Hall–Kier alpha value is -2.82. The van der Waals surface area contributed by atoms with Crippen molar-refractivity contribution in [2.45, 2.75) is 20.0 Å². The van der Waals surface area contributed by atoms with E-state index >= 15 is 0 Å². The zero-order valence-electron chi connectivity index (χ0n) is 12.5. The predicted octanol–water partition coefficient (Wildman–Crippen LogP) is 3.62. The Morgan fingerprint density at radius 1 is 1.23 bits per heavy atom. The zero-order chi connectivity index (χ0) is 15.9. The van der Waals surface area contributed by atoms with E-state index in [1.54, 1.807) is 24.4 Å². The molecule has 0 aliphatic heterocycles. The molecule has 2 aromatic carbocycles. The molecule has 0 saturated carbocycles. The van der Waals surface area contributed by atoms with Gasteiger partial charge in [-0.3, -0.25) is 5.43 Å². The van der Waals surface area contributed by atoms with Gasteiger partial charge in [-0.2, -0.15) is 5.10 Å². The Bertz CT molecular complexity index is 681. The standard InChI is InChI=1S/C17H18N2O3/c1-12(2)22-14-7-5-6-13(10-14)11-18-19-16-9-4-3-8-15(16)17(20)21/h3-12,19H,1-2H3,(H,20,21)/b18-11+. The van der Waals surface area contributed by atoms with Gasteiger partial charge in [0.15, 0.2) is 0 Å². The Morgan fingerprint density at radius 3 is 2.73 bits per heavy atom. The second kappa shape index (κ2) is 7.26. The quantitative estimate of drug-likeness (QED) is 0.631. The largest absolute Gasteiger partial charge is 0.491 e. The van der Waals surface area contributed by atoms with Crippen molar-refractivity contribution in [1.82, 2.24) is 0 Å². The van der Waals surface area contributed by atoms with E-state index in [1.807, 2.05) is 38.1 Å². The van der Waals surface area contributed by atoms with Gasteiger partial charge >= 0.3 is 5.97 Å². The molecule has 0 heterocycles. The van der Waals surface area contributed by atoms with E-state index in [1.165, 1.54) is 6.07 Å². The topological polar surface area (TPSA) is 70.9 Å². The van der Waals surface area contributed by atoms with Gasteiger partial charge in [0.25, 0.3) is 0 Å². The summed E-state index contributed by atoms with van der Waals surface area (Å²) >= 11 is 0. The van der Waals surface area contributed by atoms with Crippen LogP contribution in [0.25, 0.3) is 0 Å². The normalized spacial score (nSPS) is 10.9. The summed E-state index contributed by atoms with van der Waals surface area (Å²) < 4.78 is 5.61. The number of hydrogen-bond acceptors (Lipinski definition) is 4. The van der Waals surface area contributed by atoms with Crippen LogP contribution in [0.2, 0.25) is 0 Å². The molecule has 2 N–H and O–H groups in total. The Morgan fingerprint density at radius 2 is 2.00 bits per heavy atom. The third kappa shape index (κ3) is 4.34. The van der Waals surface area contributed by atoms with Crippen molar-refractivity contribution in [3.05, 3.63) is 59.7 Å². The SMILES string of the molecule is CC(C)Oc1cccc(/C=N/Nc2ccccc2C(=O)O)c1.